The van der Waals surface area contributed by atoms with Crippen molar-refractivity contribution < 1.29 is 9.53 Å². The minimum Gasteiger partial charge on any atom is -0.469 e. The molecule has 0 spiro atoms. The minimum atomic E-state index is -0.197. The molecule has 1 aromatic rings. The van der Waals surface area contributed by atoms with E-state index in [1.165, 1.54) is 7.11 Å². The lowest BCUT2D eigenvalue weighted by atomic mass is 9.95. The Hall–Kier alpha value is -1.30. The molecule has 0 aliphatic rings. The van der Waals surface area contributed by atoms with Crippen LogP contribution in [0.4, 0.5) is 5.82 Å². The first-order valence-corrected chi connectivity index (χ1v) is 8.10. The van der Waals surface area contributed by atoms with E-state index >= 15 is 0 Å². The highest BCUT2D eigenvalue weighted by molar-refractivity contribution is 7.99. The predicted molar refractivity (Wildman–Crippen MR) is 87.0 cm³/mol. The average Bonchev–Trinajstić information content (AvgIpc) is 2.41. The summed E-state index contributed by atoms with van der Waals surface area (Å²) < 4.78 is 4.66. The van der Waals surface area contributed by atoms with E-state index in [1.807, 2.05) is 13.8 Å². The van der Waals surface area contributed by atoms with E-state index in [0.29, 0.717) is 12.2 Å². The van der Waals surface area contributed by atoms with Crippen LogP contribution >= 0.6 is 11.8 Å². The molecule has 1 aromatic heterocycles. The zero-order chi connectivity index (χ0) is 16.0. The molecule has 0 aliphatic carbocycles. The maximum absolute atomic E-state index is 11.2. The first-order valence-electron chi connectivity index (χ1n) is 7.12. The lowest BCUT2D eigenvalue weighted by Crippen LogP contribution is -2.19. The topological polar surface area (TPSA) is 64.1 Å². The monoisotopic (exact) mass is 311 g/mol. The van der Waals surface area contributed by atoms with Crippen LogP contribution in [0.25, 0.3) is 0 Å². The van der Waals surface area contributed by atoms with Crippen LogP contribution in [0.1, 0.15) is 45.5 Å². The van der Waals surface area contributed by atoms with Gasteiger partial charge in [0.1, 0.15) is 16.7 Å². The van der Waals surface area contributed by atoms with Crippen LogP contribution in [0.5, 0.6) is 0 Å². The van der Waals surface area contributed by atoms with Crippen molar-refractivity contribution in [2.45, 2.75) is 51.5 Å². The first kappa shape index (κ1) is 17.8. The fourth-order valence-corrected chi connectivity index (χ4v) is 2.57. The van der Waals surface area contributed by atoms with Crippen molar-refractivity contribution in [2.75, 3.05) is 24.7 Å². The van der Waals surface area contributed by atoms with Crippen LogP contribution in [0.15, 0.2) is 5.03 Å². The molecule has 0 unspecified atom stereocenters. The number of ether oxygens (including phenoxy) is 1. The molecular weight excluding hydrogens is 286 g/mol. The first-order chi connectivity index (χ1) is 9.79. The van der Waals surface area contributed by atoms with Gasteiger partial charge in [-0.15, -0.1) is 11.8 Å². The normalized spacial score (nSPS) is 11.3. The van der Waals surface area contributed by atoms with Gasteiger partial charge in [0.2, 0.25) is 0 Å². The number of nitrogens with one attached hydrogen (secondary N) is 1. The quantitative estimate of drug-likeness (QED) is 0.494. The number of carbonyl (C=O) groups excluding carboxylic acids is 1. The molecule has 6 heteroatoms. The number of anilines is 1. The molecule has 0 fully saturated rings. The van der Waals surface area contributed by atoms with Crippen LogP contribution < -0.4 is 5.32 Å². The Morgan fingerprint density at radius 1 is 1.33 bits per heavy atom. The largest absolute Gasteiger partial charge is 0.469 e. The highest BCUT2D eigenvalue weighted by Crippen LogP contribution is 2.29. The molecular formula is C15H25N3O2S. The summed E-state index contributed by atoms with van der Waals surface area (Å²) in [6.45, 7) is 11.1. The SMILES string of the molecule is CCNc1nc(C(C)(C)C)nc(SCCC(=O)OC)c1C. The van der Waals surface area contributed by atoms with E-state index in [9.17, 15) is 4.79 Å². The number of rotatable bonds is 6. The zero-order valence-corrected chi connectivity index (χ0v) is 14.6. The highest BCUT2D eigenvalue weighted by atomic mass is 32.2. The summed E-state index contributed by atoms with van der Waals surface area (Å²) in [4.78, 5) is 20.5. The Kier molecular flexibility index (Phi) is 6.45. The molecule has 21 heavy (non-hydrogen) atoms. The second-order valence-electron chi connectivity index (χ2n) is 5.78. The van der Waals surface area contributed by atoms with Crippen molar-refractivity contribution in [3.8, 4) is 0 Å². The molecule has 0 saturated carbocycles. The van der Waals surface area contributed by atoms with Gasteiger partial charge in [-0.25, -0.2) is 9.97 Å². The lowest BCUT2D eigenvalue weighted by Gasteiger charge is -2.20. The summed E-state index contributed by atoms with van der Waals surface area (Å²) in [7, 11) is 1.41. The molecule has 5 nitrogen and oxygen atoms in total. The number of aromatic nitrogens is 2. The number of hydrogen-bond acceptors (Lipinski definition) is 6. The fraction of sp³-hybridized carbons (Fsp3) is 0.667. The summed E-state index contributed by atoms with van der Waals surface area (Å²) in [6.07, 6.45) is 0.381. The van der Waals surface area contributed by atoms with Gasteiger partial charge in [0.25, 0.3) is 0 Å². The van der Waals surface area contributed by atoms with Gasteiger partial charge in [0.05, 0.1) is 13.5 Å². The third kappa shape index (κ3) is 5.19. The summed E-state index contributed by atoms with van der Waals surface area (Å²) in [5, 5.41) is 4.21. The van der Waals surface area contributed by atoms with E-state index < -0.39 is 0 Å². The van der Waals surface area contributed by atoms with Crippen molar-refractivity contribution >= 4 is 23.5 Å². The molecule has 118 valence electrons. The maximum atomic E-state index is 11.2. The zero-order valence-electron chi connectivity index (χ0n) is 13.7. The summed E-state index contributed by atoms with van der Waals surface area (Å²) in [5.41, 5.74) is 0.912. The Balaban J connectivity index is 3.00. The number of esters is 1. The number of hydrogen-bond donors (Lipinski definition) is 1. The van der Waals surface area contributed by atoms with Crippen molar-refractivity contribution in [3.63, 3.8) is 0 Å². The van der Waals surface area contributed by atoms with Crippen LogP contribution in [0, 0.1) is 6.92 Å². The molecule has 1 N–H and O–H groups in total. The van der Waals surface area contributed by atoms with Crippen molar-refractivity contribution in [2.24, 2.45) is 0 Å². The van der Waals surface area contributed by atoms with E-state index in [2.05, 4.69) is 40.8 Å². The molecule has 0 aliphatic heterocycles. The maximum Gasteiger partial charge on any atom is 0.306 e. The van der Waals surface area contributed by atoms with Crippen molar-refractivity contribution in [1.29, 1.82) is 0 Å². The molecule has 0 bridgehead atoms. The Bertz CT molecular complexity index is 498. The number of carbonyl (C=O) groups is 1. The molecule has 0 saturated heterocycles. The summed E-state index contributed by atoms with van der Waals surface area (Å²) in [6, 6.07) is 0. The molecule has 1 heterocycles. The van der Waals surface area contributed by atoms with Crippen LogP contribution in [-0.4, -0.2) is 35.3 Å². The Labute approximate surface area is 131 Å². The summed E-state index contributed by atoms with van der Waals surface area (Å²) >= 11 is 1.57. The summed E-state index contributed by atoms with van der Waals surface area (Å²) in [5.74, 6) is 2.14. The molecule has 1 rings (SSSR count). The van der Waals surface area contributed by atoms with Crippen molar-refractivity contribution in [1.82, 2.24) is 9.97 Å². The van der Waals surface area contributed by atoms with Gasteiger partial charge in [0, 0.05) is 23.3 Å². The van der Waals surface area contributed by atoms with Crippen molar-refractivity contribution in [3.05, 3.63) is 11.4 Å². The van der Waals surface area contributed by atoms with Gasteiger partial charge in [-0.2, -0.15) is 0 Å². The van der Waals surface area contributed by atoms with Gasteiger partial charge in [0.15, 0.2) is 0 Å². The Morgan fingerprint density at radius 3 is 2.52 bits per heavy atom. The van der Waals surface area contributed by atoms with E-state index in [0.717, 1.165) is 28.8 Å². The standard InChI is InChI=1S/C15H25N3O2S/c1-7-16-12-10(2)13(21-9-8-11(19)20-6)18-14(17-12)15(3,4)5/h7-9H2,1-6H3,(H,16,17,18). The third-order valence-corrected chi connectivity index (χ3v) is 3.97. The second-order valence-corrected chi connectivity index (χ2v) is 6.86. The van der Waals surface area contributed by atoms with Crippen LogP contribution in [0.3, 0.4) is 0 Å². The Morgan fingerprint density at radius 2 is 2.00 bits per heavy atom. The molecule has 0 amide bonds. The number of thioether (sulfide) groups is 1. The lowest BCUT2D eigenvalue weighted by molar-refractivity contribution is -0.140. The minimum absolute atomic E-state index is 0.116. The number of methoxy groups -OCH3 is 1. The average molecular weight is 311 g/mol. The fourth-order valence-electron chi connectivity index (χ4n) is 1.64. The van der Waals surface area contributed by atoms with E-state index in [-0.39, 0.29) is 11.4 Å². The second kappa shape index (κ2) is 7.64. The molecule has 0 radical (unpaired) electrons. The van der Waals surface area contributed by atoms with Gasteiger partial charge in [-0.1, -0.05) is 20.8 Å². The smallest absolute Gasteiger partial charge is 0.306 e. The van der Waals surface area contributed by atoms with E-state index in [4.69, 9.17) is 0 Å². The van der Waals surface area contributed by atoms with Gasteiger partial charge >= 0.3 is 5.97 Å². The van der Waals surface area contributed by atoms with Gasteiger partial charge in [-0.05, 0) is 13.8 Å². The molecule has 0 aromatic carbocycles. The third-order valence-electron chi connectivity index (χ3n) is 2.89. The van der Waals surface area contributed by atoms with Crippen LogP contribution in [-0.2, 0) is 14.9 Å². The van der Waals surface area contributed by atoms with Gasteiger partial charge < -0.3 is 10.1 Å². The number of nitrogens with zero attached hydrogens (tertiary/aromatic N) is 2. The highest BCUT2D eigenvalue weighted by Gasteiger charge is 2.21. The van der Waals surface area contributed by atoms with E-state index in [1.54, 1.807) is 11.8 Å². The predicted octanol–water partition coefficient (Wildman–Crippen LogP) is 3.17. The molecule has 0 atom stereocenters. The van der Waals surface area contributed by atoms with Crippen LogP contribution in [0.2, 0.25) is 0 Å². The van der Waals surface area contributed by atoms with Gasteiger partial charge in [-0.3, -0.25) is 4.79 Å².